The van der Waals surface area contributed by atoms with Gasteiger partial charge in [-0.25, -0.2) is 0 Å². The lowest BCUT2D eigenvalue weighted by atomic mass is 11.0. The van der Waals surface area contributed by atoms with E-state index in [1.54, 1.807) is 0 Å². The summed E-state index contributed by atoms with van der Waals surface area (Å²) in [6.45, 7) is 0. The molecule has 0 heterocycles. The molecule has 2 aromatic rings. The van der Waals surface area contributed by atoms with Crippen LogP contribution in [0.3, 0.4) is 0 Å². The SMILES string of the molecule is Cl[13c]1[13cH][13c](Cl)[13c](-[13c]2[13c](Cl)[13c](Cl)[13cH][13c](Cl)[13c]2Cl)[13c](Cl)[13cH]1. The molecule has 7 heteroatoms. The van der Waals surface area contributed by atoms with Gasteiger partial charge >= 0.3 is 0 Å². The fourth-order valence-corrected chi connectivity index (χ4v) is 3.58. The minimum absolute atomic E-state index is 0.224. The van der Waals surface area contributed by atoms with Crippen LogP contribution in [0.2, 0.25) is 35.2 Å². The molecule has 0 nitrogen and oxygen atoms in total. The monoisotopic (exact) mass is 404 g/mol. The summed E-state index contributed by atoms with van der Waals surface area (Å²) in [5.74, 6) is 0. The summed E-state index contributed by atoms with van der Waals surface area (Å²) in [7, 11) is 0. The Morgan fingerprint density at radius 3 is 1.32 bits per heavy atom. The van der Waals surface area contributed by atoms with Crippen molar-refractivity contribution < 1.29 is 0 Å². The number of benzene rings is 2. The average Bonchev–Trinajstić information content (AvgIpc) is 2.30. The second-order valence-electron chi connectivity index (χ2n) is 3.59. The molecule has 0 saturated heterocycles. The van der Waals surface area contributed by atoms with Crippen molar-refractivity contribution in [3.63, 3.8) is 0 Å². The summed E-state index contributed by atoms with van der Waals surface area (Å²) >= 11 is 42.5. The van der Waals surface area contributed by atoms with Crippen LogP contribution in [0.15, 0.2) is 18.2 Å². The molecular formula is C12H3Cl7. The molecule has 0 bridgehead atoms. The van der Waals surface area contributed by atoms with Crippen molar-refractivity contribution in [3.05, 3.63) is 53.4 Å². The molecule has 0 radical (unpaired) electrons. The Hall–Kier alpha value is 0.470. The quantitative estimate of drug-likeness (QED) is 0.421. The Bertz CT molecular complexity index is 614. The van der Waals surface area contributed by atoms with Crippen LogP contribution in [0.4, 0.5) is 0 Å². The smallest absolute Gasteiger partial charge is 0.0687 e. The number of halogens is 7. The summed E-state index contributed by atoms with van der Waals surface area (Å²) in [4.78, 5) is 0. The van der Waals surface area contributed by atoms with Crippen LogP contribution >= 0.6 is 81.2 Å². The van der Waals surface area contributed by atoms with E-state index in [-0.39, 0.29) is 20.1 Å². The molecule has 100 valence electrons. The molecule has 0 spiro atoms. The maximum absolute atomic E-state index is 6.16. The second-order valence-corrected chi connectivity index (χ2v) is 6.41. The van der Waals surface area contributed by atoms with E-state index >= 15 is 0 Å². The van der Waals surface area contributed by atoms with Gasteiger partial charge in [-0.1, -0.05) is 81.2 Å². The third-order valence-electron chi connectivity index (χ3n) is 2.37. The van der Waals surface area contributed by atoms with Gasteiger partial charge in [0.2, 0.25) is 0 Å². The first-order valence-electron chi connectivity index (χ1n) is 4.80. The minimum Gasteiger partial charge on any atom is -0.0842 e. The number of hydrogen-bond acceptors (Lipinski definition) is 0. The van der Waals surface area contributed by atoms with E-state index in [9.17, 15) is 0 Å². The minimum atomic E-state index is 0.224. The topological polar surface area (TPSA) is 0 Å². The Morgan fingerprint density at radius 2 is 0.895 bits per heavy atom. The van der Waals surface area contributed by atoms with Gasteiger partial charge in [-0.3, -0.25) is 0 Å². The summed E-state index contributed by atoms with van der Waals surface area (Å²) in [6, 6.07) is 4.52. The van der Waals surface area contributed by atoms with Crippen LogP contribution in [-0.4, -0.2) is 0 Å². The fourth-order valence-electron chi connectivity index (χ4n) is 1.57. The summed E-state index contributed by atoms with van der Waals surface area (Å²) in [5, 5.41) is 1.98. The third kappa shape index (κ3) is 3.06. The van der Waals surface area contributed by atoms with Gasteiger partial charge in [0, 0.05) is 16.1 Å². The predicted octanol–water partition coefficient (Wildman–Crippen LogP) is 7.93. The lowest BCUT2D eigenvalue weighted by molar-refractivity contribution is 1.61. The fraction of sp³-hybridized carbons (Fsp3) is 0. The van der Waals surface area contributed by atoms with Gasteiger partial charge in [-0.05, 0) is 18.2 Å². The van der Waals surface area contributed by atoms with Crippen LogP contribution in [0.25, 0.3) is 11.1 Å². The molecule has 0 amide bonds. The molecule has 0 fully saturated rings. The highest BCUT2D eigenvalue weighted by molar-refractivity contribution is 6.51. The van der Waals surface area contributed by atoms with E-state index in [1.165, 1.54) is 18.2 Å². The Balaban J connectivity index is 2.87. The van der Waals surface area contributed by atoms with Gasteiger partial charge in [0.1, 0.15) is 0 Å². The normalized spacial score (nSPS) is 10.9. The molecule has 19 heavy (non-hydrogen) atoms. The molecule has 0 N–H and O–H groups in total. The Kier molecular flexibility index (Phi) is 5.07. The van der Waals surface area contributed by atoms with Crippen LogP contribution in [0, 0.1) is 0 Å². The van der Waals surface area contributed by atoms with Gasteiger partial charge in [0.25, 0.3) is 0 Å². The molecule has 0 unspecified atom stereocenters. The van der Waals surface area contributed by atoms with Crippen molar-refractivity contribution in [3.8, 4) is 11.1 Å². The first-order chi connectivity index (χ1) is 8.82. The van der Waals surface area contributed by atoms with Crippen molar-refractivity contribution in [2.75, 3.05) is 0 Å². The van der Waals surface area contributed by atoms with Crippen molar-refractivity contribution >= 4 is 81.2 Å². The molecule has 0 saturated carbocycles. The highest BCUT2D eigenvalue weighted by Crippen LogP contribution is 2.48. The maximum atomic E-state index is 6.16. The third-order valence-corrected chi connectivity index (χ3v) is 4.76. The van der Waals surface area contributed by atoms with E-state index in [1.807, 2.05) is 0 Å². The molecule has 2 aromatic carbocycles. The zero-order chi connectivity index (χ0) is 14.3. The zero-order valence-electron chi connectivity index (χ0n) is 8.88. The molecule has 2 rings (SSSR count). The van der Waals surface area contributed by atoms with Crippen molar-refractivity contribution in [1.29, 1.82) is 0 Å². The van der Waals surface area contributed by atoms with Crippen LogP contribution < -0.4 is 0 Å². The second kappa shape index (κ2) is 6.07. The van der Waals surface area contributed by atoms with Crippen LogP contribution in [0.5, 0.6) is 0 Å². The molecular weight excluding hydrogens is 404 g/mol. The Morgan fingerprint density at radius 1 is 0.474 bits per heavy atom. The standard InChI is InChI=1S/C12H3Cl7/c13-4-1-5(14)9(6(15)2-4)10-11(18)7(16)3-8(17)12(10)19/h1-3H/i1+1,2+1,3+1,4+1,5+1,6+1,7+1,8+1,9+1,10+1,11+1,12+1. The molecule has 0 aromatic heterocycles. The van der Waals surface area contributed by atoms with Crippen molar-refractivity contribution in [2.45, 2.75) is 0 Å². The first kappa shape index (κ1) is 15.9. The van der Waals surface area contributed by atoms with Gasteiger partial charge in [0.05, 0.1) is 30.1 Å². The van der Waals surface area contributed by atoms with E-state index in [4.69, 9.17) is 81.2 Å². The van der Waals surface area contributed by atoms with Crippen LogP contribution in [0.1, 0.15) is 0 Å². The molecule has 0 aliphatic heterocycles. The van der Waals surface area contributed by atoms with Crippen molar-refractivity contribution in [1.82, 2.24) is 0 Å². The number of hydrogen-bond donors (Lipinski definition) is 0. The highest BCUT2D eigenvalue weighted by Gasteiger charge is 2.20. The van der Waals surface area contributed by atoms with Crippen LogP contribution in [-0.2, 0) is 0 Å². The molecule has 0 atom stereocenters. The van der Waals surface area contributed by atoms with E-state index in [2.05, 4.69) is 0 Å². The maximum Gasteiger partial charge on any atom is 0.0687 e. The lowest BCUT2D eigenvalue weighted by Crippen LogP contribution is -1.88. The van der Waals surface area contributed by atoms with Gasteiger partial charge in [-0.15, -0.1) is 0 Å². The highest BCUT2D eigenvalue weighted by atomic mass is 35.5. The zero-order valence-corrected chi connectivity index (χ0v) is 14.2. The van der Waals surface area contributed by atoms with Crippen molar-refractivity contribution in [2.24, 2.45) is 0 Å². The number of rotatable bonds is 1. The molecule has 0 aliphatic rings. The first-order valence-corrected chi connectivity index (χ1v) is 7.45. The van der Waals surface area contributed by atoms with E-state index in [0.29, 0.717) is 26.2 Å². The molecule has 0 aliphatic carbocycles. The summed E-state index contributed by atoms with van der Waals surface area (Å²) in [5.41, 5.74) is 0.819. The van der Waals surface area contributed by atoms with E-state index < -0.39 is 0 Å². The Labute approximate surface area is 145 Å². The van der Waals surface area contributed by atoms with E-state index in [0.717, 1.165) is 0 Å². The van der Waals surface area contributed by atoms with Gasteiger partial charge in [0.15, 0.2) is 0 Å². The average molecular weight is 407 g/mol. The van der Waals surface area contributed by atoms with Gasteiger partial charge in [-0.2, -0.15) is 0 Å². The largest absolute Gasteiger partial charge is 0.0842 e. The summed E-state index contributed by atoms with van der Waals surface area (Å²) in [6.07, 6.45) is 0. The predicted molar refractivity (Wildman–Crippen MR) is 86.9 cm³/mol. The van der Waals surface area contributed by atoms with Gasteiger partial charge < -0.3 is 0 Å². The lowest BCUT2D eigenvalue weighted by Gasteiger charge is -2.14. The summed E-state index contributed by atoms with van der Waals surface area (Å²) < 4.78 is 0.